The first-order valence-electron chi connectivity index (χ1n) is 15.3. The van der Waals surface area contributed by atoms with Crippen molar-refractivity contribution in [2.45, 2.75) is 167 Å². The maximum absolute atomic E-state index is 12.1. The Bertz CT molecular complexity index is 530. The van der Waals surface area contributed by atoms with Crippen LogP contribution in [0.15, 0.2) is 0 Å². The van der Waals surface area contributed by atoms with Crippen LogP contribution in [0, 0.1) is 0 Å². The fourth-order valence-electron chi connectivity index (χ4n) is 4.90. The van der Waals surface area contributed by atoms with Crippen LogP contribution in [-0.4, -0.2) is 49.6 Å². The van der Waals surface area contributed by atoms with Gasteiger partial charge < -0.3 is 18.9 Å². The van der Waals surface area contributed by atoms with Crippen LogP contribution in [0.3, 0.4) is 0 Å². The van der Waals surface area contributed by atoms with Crippen LogP contribution in [0.1, 0.15) is 142 Å². The van der Waals surface area contributed by atoms with Crippen molar-refractivity contribution in [3.8, 4) is 0 Å². The molecular weight excluding hydrogens is 456 g/mol. The Morgan fingerprint density at radius 2 is 0.806 bits per heavy atom. The van der Waals surface area contributed by atoms with Gasteiger partial charge in [0.2, 0.25) is 0 Å². The molecule has 0 aromatic heterocycles. The molecule has 0 N–H and O–H groups in total. The normalized spacial score (nSPS) is 22.4. The lowest BCUT2D eigenvalue weighted by Gasteiger charge is -2.04. The minimum Gasteiger partial charge on any atom is -0.460 e. The Morgan fingerprint density at radius 1 is 0.500 bits per heavy atom. The van der Waals surface area contributed by atoms with Crippen LogP contribution in [0.4, 0.5) is 0 Å². The van der Waals surface area contributed by atoms with E-state index in [0.717, 1.165) is 25.7 Å². The van der Waals surface area contributed by atoms with E-state index in [2.05, 4.69) is 13.8 Å². The van der Waals surface area contributed by atoms with Crippen LogP contribution in [-0.2, 0) is 28.5 Å². The molecule has 6 nitrogen and oxygen atoms in total. The first kappa shape index (κ1) is 31.1. The van der Waals surface area contributed by atoms with Crippen LogP contribution in [0.2, 0.25) is 0 Å². The van der Waals surface area contributed by atoms with Gasteiger partial charge in [-0.15, -0.1) is 0 Å². The summed E-state index contributed by atoms with van der Waals surface area (Å²) in [6.07, 6.45) is 24.2. The molecule has 2 saturated heterocycles. The maximum atomic E-state index is 12.1. The van der Waals surface area contributed by atoms with Crippen molar-refractivity contribution < 1.29 is 28.5 Å². The van der Waals surface area contributed by atoms with Gasteiger partial charge in [0.05, 0.1) is 12.2 Å². The van der Waals surface area contributed by atoms with E-state index in [1.165, 1.54) is 103 Å². The molecular formula is C30H54O6. The van der Waals surface area contributed by atoms with Crippen molar-refractivity contribution >= 4 is 11.9 Å². The fourth-order valence-corrected chi connectivity index (χ4v) is 4.90. The highest BCUT2D eigenvalue weighted by Gasteiger charge is 2.46. The van der Waals surface area contributed by atoms with E-state index in [4.69, 9.17) is 18.9 Å². The molecule has 0 amide bonds. The lowest BCUT2D eigenvalue weighted by atomic mass is 10.1. The fraction of sp³-hybridized carbons (Fsp3) is 0.933. The number of rotatable bonds is 25. The van der Waals surface area contributed by atoms with Gasteiger partial charge in [-0.25, -0.2) is 9.59 Å². The predicted octanol–water partition coefficient (Wildman–Crippen LogP) is 7.45. The summed E-state index contributed by atoms with van der Waals surface area (Å²) in [7, 11) is 0. The summed E-state index contributed by atoms with van der Waals surface area (Å²) in [6, 6.07) is 0. The van der Waals surface area contributed by atoms with Crippen LogP contribution in [0.25, 0.3) is 0 Å². The Morgan fingerprint density at radius 3 is 1.14 bits per heavy atom. The van der Waals surface area contributed by atoms with Gasteiger partial charge in [-0.1, -0.05) is 129 Å². The number of hydrogen-bond donors (Lipinski definition) is 0. The van der Waals surface area contributed by atoms with Gasteiger partial charge in [0.25, 0.3) is 0 Å². The van der Waals surface area contributed by atoms with Crippen molar-refractivity contribution in [2.24, 2.45) is 0 Å². The minimum atomic E-state index is -0.428. The molecule has 2 heterocycles. The van der Waals surface area contributed by atoms with Crippen molar-refractivity contribution in [1.29, 1.82) is 0 Å². The van der Waals surface area contributed by atoms with Crippen molar-refractivity contribution in [2.75, 3.05) is 13.2 Å². The summed E-state index contributed by atoms with van der Waals surface area (Å²) in [5.41, 5.74) is 0. The van der Waals surface area contributed by atoms with E-state index < -0.39 is 12.2 Å². The summed E-state index contributed by atoms with van der Waals surface area (Å²) in [5.74, 6) is -0.671. The van der Waals surface area contributed by atoms with E-state index >= 15 is 0 Å². The number of hydrogen-bond acceptors (Lipinski definition) is 6. The number of esters is 2. The molecule has 4 atom stereocenters. The SMILES string of the molecule is CCCCCCCCCCCC1OC1C(=O)OCCOC(=O)C1OC1CCCCCCCCCCC. The quantitative estimate of drug-likeness (QED) is 0.0721. The summed E-state index contributed by atoms with van der Waals surface area (Å²) < 4.78 is 21.4. The van der Waals surface area contributed by atoms with Crippen LogP contribution < -0.4 is 0 Å². The molecule has 0 bridgehead atoms. The Labute approximate surface area is 220 Å². The molecule has 4 unspecified atom stereocenters. The summed E-state index contributed by atoms with van der Waals surface area (Å²) in [6.45, 7) is 4.64. The molecule has 0 aliphatic carbocycles. The largest absolute Gasteiger partial charge is 0.460 e. The molecule has 2 aliphatic rings. The van der Waals surface area contributed by atoms with E-state index in [0.29, 0.717) is 0 Å². The Kier molecular flexibility index (Phi) is 17.2. The van der Waals surface area contributed by atoms with E-state index in [9.17, 15) is 9.59 Å². The van der Waals surface area contributed by atoms with Crippen LogP contribution in [0.5, 0.6) is 0 Å². The van der Waals surface area contributed by atoms with Gasteiger partial charge in [-0.05, 0) is 12.8 Å². The highest BCUT2D eigenvalue weighted by Crippen LogP contribution is 2.30. The van der Waals surface area contributed by atoms with Crippen LogP contribution >= 0.6 is 0 Å². The monoisotopic (exact) mass is 510 g/mol. The molecule has 0 aromatic carbocycles. The first-order chi connectivity index (χ1) is 17.7. The zero-order valence-corrected chi connectivity index (χ0v) is 23.3. The predicted molar refractivity (Wildman–Crippen MR) is 143 cm³/mol. The minimum absolute atomic E-state index is 0.00582. The summed E-state index contributed by atoms with van der Waals surface area (Å²) in [4.78, 5) is 24.1. The first-order valence-corrected chi connectivity index (χ1v) is 15.3. The summed E-state index contributed by atoms with van der Waals surface area (Å²) in [5, 5.41) is 0. The molecule has 2 fully saturated rings. The average Bonchev–Trinajstić information content (AvgIpc) is 3.80. The number of epoxide rings is 2. The molecule has 0 aromatic rings. The molecule has 6 heteroatoms. The van der Waals surface area contributed by atoms with Gasteiger partial charge in [0, 0.05) is 0 Å². The molecule has 0 radical (unpaired) electrons. The van der Waals surface area contributed by atoms with E-state index in [1.807, 2.05) is 0 Å². The average molecular weight is 511 g/mol. The highest BCUT2D eigenvalue weighted by molar-refractivity contribution is 5.78. The third kappa shape index (κ3) is 14.6. The second-order valence-corrected chi connectivity index (χ2v) is 10.8. The molecule has 36 heavy (non-hydrogen) atoms. The third-order valence-corrected chi connectivity index (χ3v) is 7.39. The second kappa shape index (κ2) is 19.9. The van der Waals surface area contributed by atoms with Gasteiger partial charge in [0.1, 0.15) is 13.2 Å². The molecule has 2 rings (SSSR count). The second-order valence-electron chi connectivity index (χ2n) is 10.8. The number of carbonyl (C=O) groups excluding carboxylic acids is 2. The van der Waals surface area contributed by atoms with Crippen molar-refractivity contribution in [3.63, 3.8) is 0 Å². The lowest BCUT2D eigenvalue weighted by Crippen LogP contribution is -2.20. The van der Waals surface area contributed by atoms with Gasteiger partial charge in [0.15, 0.2) is 12.2 Å². The zero-order valence-electron chi connectivity index (χ0n) is 23.3. The van der Waals surface area contributed by atoms with Gasteiger partial charge in [-0.2, -0.15) is 0 Å². The van der Waals surface area contributed by atoms with E-state index in [1.54, 1.807) is 0 Å². The zero-order chi connectivity index (χ0) is 25.8. The standard InChI is InChI=1S/C30H54O6/c1-3-5-7-9-11-13-15-17-19-21-25-27(35-25)29(31)33-23-24-34-30(32)28-26(36-28)22-20-18-16-14-12-10-8-6-4-2/h25-28H,3-24H2,1-2H3. The van der Waals surface area contributed by atoms with E-state index in [-0.39, 0.29) is 37.4 Å². The van der Waals surface area contributed by atoms with Crippen molar-refractivity contribution in [1.82, 2.24) is 0 Å². The molecule has 0 spiro atoms. The lowest BCUT2D eigenvalue weighted by molar-refractivity contribution is -0.153. The van der Waals surface area contributed by atoms with Gasteiger partial charge >= 0.3 is 11.9 Å². The Balaban J connectivity index is 1.34. The topological polar surface area (TPSA) is 77.7 Å². The molecule has 2 aliphatic heterocycles. The molecule has 210 valence electrons. The maximum Gasteiger partial charge on any atom is 0.338 e. The highest BCUT2D eigenvalue weighted by atomic mass is 16.7. The number of carbonyl (C=O) groups is 2. The van der Waals surface area contributed by atoms with Gasteiger partial charge in [-0.3, -0.25) is 0 Å². The Hall–Kier alpha value is -1.14. The molecule has 0 saturated carbocycles. The smallest absolute Gasteiger partial charge is 0.338 e. The van der Waals surface area contributed by atoms with Crippen molar-refractivity contribution in [3.05, 3.63) is 0 Å². The number of unbranched alkanes of at least 4 members (excludes halogenated alkanes) is 16. The summed E-state index contributed by atoms with van der Waals surface area (Å²) >= 11 is 0. The third-order valence-electron chi connectivity index (χ3n) is 7.39. The number of ether oxygens (including phenoxy) is 4.